The van der Waals surface area contributed by atoms with E-state index in [2.05, 4.69) is 21.2 Å². The van der Waals surface area contributed by atoms with Gasteiger partial charge in [0, 0.05) is 22.1 Å². The minimum absolute atomic E-state index is 0.106. The van der Waals surface area contributed by atoms with Gasteiger partial charge in [0.25, 0.3) is 5.91 Å². The Hall–Kier alpha value is -0.580. The zero-order chi connectivity index (χ0) is 11.0. The molecule has 3 nitrogen and oxygen atoms in total. The lowest BCUT2D eigenvalue weighted by Crippen LogP contribution is -2.29. The maximum atomic E-state index is 11.7. The van der Waals surface area contributed by atoms with Crippen LogP contribution in [0.3, 0.4) is 0 Å². The SMILES string of the molecule is NC1CC1NC(=O)c1ccc(Cl)c(Br)c1. The summed E-state index contributed by atoms with van der Waals surface area (Å²) in [6.45, 7) is 0. The molecule has 3 N–H and O–H groups in total. The van der Waals surface area contributed by atoms with Gasteiger partial charge in [0.1, 0.15) is 0 Å². The number of nitrogens with one attached hydrogen (secondary N) is 1. The number of carbonyl (C=O) groups is 1. The fourth-order valence-corrected chi connectivity index (χ4v) is 1.77. The van der Waals surface area contributed by atoms with Crippen LogP contribution in [0.15, 0.2) is 22.7 Å². The van der Waals surface area contributed by atoms with E-state index in [1.807, 2.05) is 0 Å². The first kappa shape index (κ1) is 10.9. The Morgan fingerprint density at radius 3 is 2.80 bits per heavy atom. The molecule has 0 spiro atoms. The molecule has 1 aromatic rings. The van der Waals surface area contributed by atoms with Gasteiger partial charge in [-0.15, -0.1) is 0 Å². The first-order chi connectivity index (χ1) is 7.08. The van der Waals surface area contributed by atoms with Crippen molar-refractivity contribution in [3.63, 3.8) is 0 Å². The van der Waals surface area contributed by atoms with Gasteiger partial charge in [0.15, 0.2) is 0 Å². The molecule has 2 rings (SSSR count). The Morgan fingerprint density at radius 1 is 1.60 bits per heavy atom. The van der Waals surface area contributed by atoms with Gasteiger partial charge in [-0.25, -0.2) is 0 Å². The van der Waals surface area contributed by atoms with Crippen LogP contribution in [0, 0.1) is 0 Å². The highest BCUT2D eigenvalue weighted by Crippen LogP contribution is 2.24. The van der Waals surface area contributed by atoms with Gasteiger partial charge < -0.3 is 11.1 Å². The van der Waals surface area contributed by atoms with Gasteiger partial charge in [0.05, 0.1) is 5.02 Å². The van der Waals surface area contributed by atoms with Crippen LogP contribution in [0.5, 0.6) is 0 Å². The molecule has 1 aliphatic carbocycles. The average Bonchev–Trinajstić information content (AvgIpc) is 2.86. The number of nitrogens with two attached hydrogens (primary N) is 1. The Balaban J connectivity index is 2.08. The highest BCUT2D eigenvalue weighted by Gasteiger charge is 2.34. The van der Waals surface area contributed by atoms with Crippen molar-refractivity contribution in [1.82, 2.24) is 5.32 Å². The quantitative estimate of drug-likeness (QED) is 0.874. The van der Waals surface area contributed by atoms with Crippen LogP contribution in [0.4, 0.5) is 0 Å². The fourth-order valence-electron chi connectivity index (χ4n) is 1.27. The predicted molar refractivity (Wildman–Crippen MR) is 63.0 cm³/mol. The molecule has 0 saturated heterocycles. The van der Waals surface area contributed by atoms with Crippen molar-refractivity contribution in [2.75, 3.05) is 0 Å². The molecule has 0 aromatic heterocycles. The third-order valence-corrected chi connectivity index (χ3v) is 3.55. The Bertz CT molecular complexity index is 410. The molecule has 1 saturated carbocycles. The Morgan fingerprint density at radius 2 is 2.27 bits per heavy atom. The lowest BCUT2D eigenvalue weighted by atomic mass is 10.2. The van der Waals surface area contributed by atoms with Crippen LogP contribution in [0.2, 0.25) is 5.02 Å². The van der Waals surface area contributed by atoms with Gasteiger partial charge in [-0.1, -0.05) is 11.6 Å². The third kappa shape index (κ3) is 2.51. The molecule has 2 atom stereocenters. The molecule has 5 heteroatoms. The molecule has 0 radical (unpaired) electrons. The standard InChI is InChI=1S/C10H10BrClN2O/c11-6-3-5(1-2-7(6)12)10(15)14-9-4-8(9)13/h1-3,8-9H,4,13H2,(H,14,15). The zero-order valence-electron chi connectivity index (χ0n) is 7.84. The highest BCUT2D eigenvalue weighted by atomic mass is 79.9. The summed E-state index contributed by atoms with van der Waals surface area (Å²) in [6.07, 6.45) is 0.862. The maximum absolute atomic E-state index is 11.7. The van der Waals surface area contributed by atoms with Crippen molar-refractivity contribution in [2.45, 2.75) is 18.5 Å². The number of amides is 1. The second-order valence-corrected chi connectivity index (χ2v) is 4.87. The summed E-state index contributed by atoms with van der Waals surface area (Å²) in [5, 5.41) is 3.43. The Kier molecular flexibility index (Phi) is 3.00. The minimum atomic E-state index is -0.106. The molecular formula is C10H10BrClN2O. The molecule has 1 amide bonds. The van der Waals surface area contributed by atoms with Crippen molar-refractivity contribution in [3.8, 4) is 0 Å². The number of carbonyl (C=O) groups excluding carboxylic acids is 1. The molecule has 1 aromatic carbocycles. The smallest absolute Gasteiger partial charge is 0.251 e. The van der Waals surface area contributed by atoms with Crippen LogP contribution >= 0.6 is 27.5 Å². The number of rotatable bonds is 2. The van der Waals surface area contributed by atoms with Crippen molar-refractivity contribution in [2.24, 2.45) is 5.73 Å². The van der Waals surface area contributed by atoms with Crippen LogP contribution in [-0.2, 0) is 0 Å². The van der Waals surface area contributed by atoms with Gasteiger partial charge in [0.2, 0.25) is 0 Å². The zero-order valence-corrected chi connectivity index (χ0v) is 10.2. The second-order valence-electron chi connectivity index (χ2n) is 3.61. The number of halogens is 2. The lowest BCUT2D eigenvalue weighted by Gasteiger charge is -2.04. The van der Waals surface area contributed by atoms with E-state index >= 15 is 0 Å². The number of hydrogen-bond acceptors (Lipinski definition) is 2. The van der Waals surface area contributed by atoms with Gasteiger partial charge >= 0.3 is 0 Å². The normalized spacial score (nSPS) is 23.7. The van der Waals surface area contributed by atoms with E-state index < -0.39 is 0 Å². The highest BCUT2D eigenvalue weighted by molar-refractivity contribution is 9.10. The summed E-state index contributed by atoms with van der Waals surface area (Å²) in [5.74, 6) is -0.106. The monoisotopic (exact) mass is 288 g/mol. The van der Waals surface area contributed by atoms with Crippen LogP contribution in [0.1, 0.15) is 16.8 Å². The molecule has 1 fully saturated rings. The van der Waals surface area contributed by atoms with E-state index in [1.165, 1.54) is 0 Å². The van der Waals surface area contributed by atoms with Crippen molar-refractivity contribution in [1.29, 1.82) is 0 Å². The van der Waals surface area contributed by atoms with E-state index in [0.717, 1.165) is 10.9 Å². The molecular weight excluding hydrogens is 279 g/mol. The topological polar surface area (TPSA) is 55.1 Å². The molecule has 0 bridgehead atoms. The van der Waals surface area contributed by atoms with E-state index in [9.17, 15) is 4.79 Å². The van der Waals surface area contributed by atoms with E-state index in [0.29, 0.717) is 10.6 Å². The first-order valence-electron chi connectivity index (χ1n) is 4.59. The molecule has 0 aliphatic heterocycles. The molecule has 0 heterocycles. The fraction of sp³-hybridized carbons (Fsp3) is 0.300. The largest absolute Gasteiger partial charge is 0.348 e. The average molecular weight is 290 g/mol. The molecule has 2 unspecified atom stereocenters. The van der Waals surface area contributed by atoms with Crippen LogP contribution in [0.25, 0.3) is 0 Å². The summed E-state index contributed by atoms with van der Waals surface area (Å²) < 4.78 is 0.719. The third-order valence-electron chi connectivity index (χ3n) is 2.34. The van der Waals surface area contributed by atoms with E-state index in [1.54, 1.807) is 18.2 Å². The summed E-state index contributed by atoms with van der Waals surface area (Å²) in [7, 11) is 0. The minimum Gasteiger partial charge on any atom is -0.348 e. The van der Waals surface area contributed by atoms with Gasteiger partial charge in [-0.05, 0) is 40.5 Å². The predicted octanol–water partition coefficient (Wildman–Crippen LogP) is 1.93. The summed E-state index contributed by atoms with van der Waals surface area (Å²) in [5.41, 5.74) is 6.19. The molecule has 1 aliphatic rings. The van der Waals surface area contributed by atoms with E-state index in [-0.39, 0.29) is 18.0 Å². The lowest BCUT2D eigenvalue weighted by molar-refractivity contribution is 0.0950. The maximum Gasteiger partial charge on any atom is 0.251 e. The Labute approximate surface area is 101 Å². The van der Waals surface area contributed by atoms with Crippen molar-refractivity contribution < 1.29 is 4.79 Å². The van der Waals surface area contributed by atoms with Crippen LogP contribution in [-0.4, -0.2) is 18.0 Å². The van der Waals surface area contributed by atoms with Crippen molar-refractivity contribution >= 4 is 33.4 Å². The van der Waals surface area contributed by atoms with Crippen LogP contribution < -0.4 is 11.1 Å². The number of benzene rings is 1. The van der Waals surface area contributed by atoms with Crippen molar-refractivity contribution in [3.05, 3.63) is 33.3 Å². The second kappa shape index (κ2) is 4.12. The van der Waals surface area contributed by atoms with E-state index in [4.69, 9.17) is 17.3 Å². The molecule has 80 valence electrons. The first-order valence-corrected chi connectivity index (χ1v) is 5.76. The summed E-state index contributed by atoms with van der Waals surface area (Å²) in [4.78, 5) is 11.7. The van der Waals surface area contributed by atoms with Gasteiger partial charge in [-0.2, -0.15) is 0 Å². The molecule has 15 heavy (non-hydrogen) atoms. The van der Waals surface area contributed by atoms with Gasteiger partial charge in [-0.3, -0.25) is 4.79 Å². The summed E-state index contributed by atoms with van der Waals surface area (Å²) >= 11 is 9.10. The number of hydrogen-bond donors (Lipinski definition) is 2. The summed E-state index contributed by atoms with van der Waals surface area (Å²) in [6, 6.07) is 5.33.